The quantitative estimate of drug-likeness (QED) is 0.816. The lowest BCUT2D eigenvalue weighted by Gasteiger charge is -2.27. The molecule has 1 aliphatic heterocycles. The SMILES string of the molecule is C=CC(=O)NCc1ccc(C(=O)NC2CC(C)(C)OC2(C)C)cc1. The number of amides is 2. The zero-order valence-electron chi connectivity index (χ0n) is 14.8. The van der Waals surface area contributed by atoms with E-state index >= 15 is 0 Å². The van der Waals surface area contributed by atoms with Crippen LogP contribution in [0.1, 0.15) is 50.0 Å². The molecule has 2 rings (SSSR count). The van der Waals surface area contributed by atoms with Gasteiger partial charge < -0.3 is 15.4 Å². The highest BCUT2D eigenvalue weighted by Gasteiger charge is 2.46. The molecule has 0 radical (unpaired) electrons. The van der Waals surface area contributed by atoms with Crippen molar-refractivity contribution in [1.82, 2.24) is 10.6 Å². The molecule has 5 nitrogen and oxygen atoms in total. The fourth-order valence-corrected chi connectivity index (χ4v) is 3.06. The van der Waals surface area contributed by atoms with Crippen molar-refractivity contribution in [2.45, 2.75) is 57.9 Å². The molecule has 1 aromatic carbocycles. The fraction of sp³-hybridized carbons (Fsp3) is 0.474. The molecule has 0 bridgehead atoms. The Balaban J connectivity index is 1.98. The predicted molar refractivity (Wildman–Crippen MR) is 93.6 cm³/mol. The zero-order valence-corrected chi connectivity index (χ0v) is 14.8. The van der Waals surface area contributed by atoms with Gasteiger partial charge in [-0.2, -0.15) is 0 Å². The van der Waals surface area contributed by atoms with Gasteiger partial charge in [0.05, 0.1) is 17.2 Å². The number of benzene rings is 1. The standard InChI is InChI=1S/C19H26N2O3/c1-6-16(22)20-12-13-7-9-14(10-8-13)17(23)21-15-11-18(2,3)24-19(15,4)5/h6-10,15H,1,11-12H2,2-5H3,(H,20,22)(H,21,23). The Bertz CT molecular complexity index is 633. The third-order valence-electron chi connectivity index (χ3n) is 4.25. The van der Waals surface area contributed by atoms with Crippen molar-refractivity contribution in [3.05, 3.63) is 48.0 Å². The molecule has 5 heteroatoms. The lowest BCUT2D eigenvalue weighted by molar-refractivity contribution is -0.116. The van der Waals surface area contributed by atoms with E-state index in [4.69, 9.17) is 4.74 Å². The Hall–Kier alpha value is -2.14. The van der Waals surface area contributed by atoms with Crippen molar-refractivity contribution >= 4 is 11.8 Å². The Labute approximate surface area is 143 Å². The molecule has 0 saturated carbocycles. The van der Waals surface area contributed by atoms with Crippen LogP contribution in [0.4, 0.5) is 0 Å². The van der Waals surface area contributed by atoms with Gasteiger partial charge in [-0.15, -0.1) is 0 Å². The Morgan fingerprint density at radius 3 is 2.38 bits per heavy atom. The average Bonchev–Trinajstić information content (AvgIpc) is 2.72. The van der Waals surface area contributed by atoms with Crippen molar-refractivity contribution in [3.63, 3.8) is 0 Å². The summed E-state index contributed by atoms with van der Waals surface area (Å²) in [5.41, 5.74) is 0.879. The molecule has 2 N–H and O–H groups in total. The van der Waals surface area contributed by atoms with E-state index in [1.807, 2.05) is 39.8 Å². The van der Waals surface area contributed by atoms with Crippen molar-refractivity contribution < 1.29 is 14.3 Å². The van der Waals surface area contributed by atoms with Gasteiger partial charge in [-0.3, -0.25) is 9.59 Å². The topological polar surface area (TPSA) is 67.4 Å². The molecule has 1 unspecified atom stereocenters. The molecule has 0 spiro atoms. The maximum Gasteiger partial charge on any atom is 0.251 e. The van der Waals surface area contributed by atoms with E-state index in [9.17, 15) is 9.59 Å². The molecule has 1 heterocycles. The maximum atomic E-state index is 12.5. The van der Waals surface area contributed by atoms with Gasteiger partial charge in [0, 0.05) is 12.1 Å². The summed E-state index contributed by atoms with van der Waals surface area (Å²) in [6.07, 6.45) is 2.01. The lowest BCUT2D eigenvalue weighted by Crippen LogP contribution is -2.46. The highest BCUT2D eigenvalue weighted by atomic mass is 16.5. The number of carbonyl (C=O) groups excluding carboxylic acids is 2. The van der Waals surface area contributed by atoms with E-state index in [0.717, 1.165) is 12.0 Å². The Morgan fingerprint density at radius 2 is 1.88 bits per heavy atom. The third-order valence-corrected chi connectivity index (χ3v) is 4.25. The van der Waals surface area contributed by atoms with E-state index < -0.39 is 5.60 Å². The first-order valence-corrected chi connectivity index (χ1v) is 8.13. The van der Waals surface area contributed by atoms with Crippen LogP contribution in [0.5, 0.6) is 0 Å². The van der Waals surface area contributed by atoms with E-state index in [-0.39, 0.29) is 23.5 Å². The predicted octanol–water partition coefficient (Wildman–Crippen LogP) is 2.56. The van der Waals surface area contributed by atoms with Gasteiger partial charge in [0.2, 0.25) is 5.91 Å². The molecule has 0 aliphatic carbocycles. The number of ether oxygens (including phenoxy) is 1. The van der Waals surface area contributed by atoms with Crippen molar-refractivity contribution in [2.75, 3.05) is 0 Å². The minimum atomic E-state index is -0.395. The zero-order chi connectivity index (χ0) is 18.0. The fourth-order valence-electron chi connectivity index (χ4n) is 3.06. The van der Waals surface area contributed by atoms with Crippen LogP contribution in [0.25, 0.3) is 0 Å². The van der Waals surface area contributed by atoms with Gasteiger partial charge in [-0.05, 0) is 57.9 Å². The molecule has 1 atom stereocenters. The van der Waals surface area contributed by atoms with Gasteiger partial charge >= 0.3 is 0 Å². The van der Waals surface area contributed by atoms with E-state index in [0.29, 0.717) is 12.1 Å². The number of hydrogen-bond acceptors (Lipinski definition) is 3. The van der Waals surface area contributed by atoms with Crippen LogP contribution in [0.3, 0.4) is 0 Å². The average molecular weight is 330 g/mol. The summed E-state index contributed by atoms with van der Waals surface area (Å²) in [5, 5.41) is 5.77. The first kappa shape index (κ1) is 18.2. The number of hydrogen-bond donors (Lipinski definition) is 2. The number of nitrogens with one attached hydrogen (secondary N) is 2. The van der Waals surface area contributed by atoms with Crippen LogP contribution < -0.4 is 10.6 Å². The molecule has 24 heavy (non-hydrogen) atoms. The van der Waals surface area contributed by atoms with Crippen LogP contribution in [0.15, 0.2) is 36.9 Å². The smallest absolute Gasteiger partial charge is 0.251 e. The summed E-state index contributed by atoms with van der Waals surface area (Å²) in [6, 6.07) is 7.15. The summed E-state index contributed by atoms with van der Waals surface area (Å²) in [5.74, 6) is -0.334. The van der Waals surface area contributed by atoms with Crippen LogP contribution in [-0.4, -0.2) is 29.1 Å². The molecule has 1 saturated heterocycles. The second-order valence-electron chi connectivity index (χ2n) is 7.31. The maximum absolute atomic E-state index is 12.5. The highest BCUT2D eigenvalue weighted by Crippen LogP contribution is 2.37. The Kier molecular flexibility index (Phi) is 5.13. The largest absolute Gasteiger partial charge is 0.367 e. The molecule has 130 valence electrons. The molecule has 1 aliphatic rings. The number of rotatable bonds is 5. The molecule has 2 amide bonds. The van der Waals surface area contributed by atoms with E-state index in [1.165, 1.54) is 6.08 Å². The molecule has 0 aromatic heterocycles. The second-order valence-corrected chi connectivity index (χ2v) is 7.31. The summed E-state index contributed by atoms with van der Waals surface area (Å²) in [6.45, 7) is 11.9. The molecular formula is C19H26N2O3. The second kappa shape index (κ2) is 6.77. The van der Waals surface area contributed by atoms with Crippen molar-refractivity contribution in [3.8, 4) is 0 Å². The summed E-state index contributed by atoms with van der Waals surface area (Å²) < 4.78 is 6.01. The van der Waals surface area contributed by atoms with Gasteiger partial charge in [-0.25, -0.2) is 0 Å². The van der Waals surface area contributed by atoms with Gasteiger partial charge in [-0.1, -0.05) is 18.7 Å². The van der Waals surface area contributed by atoms with Crippen LogP contribution in [0.2, 0.25) is 0 Å². The van der Waals surface area contributed by atoms with Gasteiger partial charge in [0.25, 0.3) is 5.91 Å². The summed E-state index contributed by atoms with van der Waals surface area (Å²) in [7, 11) is 0. The number of carbonyl (C=O) groups is 2. The van der Waals surface area contributed by atoms with E-state index in [1.54, 1.807) is 12.1 Å². The molecular weight excluding hydrogens is 304 g/mol. The highest BCUT2D eigenvalue weighted by molar-refractivity contribution is 5.94. The summed E-state index contributed by atoms with van der Waals surface area (Å²) >= 11 is 0. The van der Waals surface area contributed by atoms with Crippen molar-refractivity contribution in [1.29, 1.82) is 0 Å². The normalized spacial score (nSPS) is 21.1. The van der Waals surface area contributed by atoms with E-state index in [2.05, 4.69) is 17.2 Å². The van der Waals surface area contributed by atoms with Crippen LogP contribution in [0, 0.1) is 0 Å². The van der Waals surface area contributed by atoms with Gasteiger partial charge in [0.1, 0.15) is 0 Å². The first-order valence-electron chi connectivity index (χ1n) is 8.13. The lowest BCUT2D eigenvalue weighted by atomic mass is 9.94. The van der Waals surface area contributed by atoms with Gasteiger partial charge in [0.15, 0.2) is 0 Å². The summed E-state index contributed by atoms with van der Waals surface area (Å²) in [4.78, 5) is 23.6. The first-order chi connectivity index (χ1) is 11.1. The monoisotopic (exact) mass is 330 g/mol. The van der Waals surface area contributed by atoms with Crippen molar-refractivity contribution in [2.24, 2.45) is 0 Å². The molecule has 1 aromatic rings. The minimum absolute atomic E-state index is 0.0356. The molecule has 1 fully saturated rings. The Morgan fingerprint density at radius 1 is 1.25 bits per heavy atom. The van der Waals surface area contributed by atoms with Crippen LogP contribution in [-0.2, 0) is 16.1 Å². The minimum Gasteiger partial charge on any atom is -0.367 e. The third kappa shape index (κ3) is 4.45. The van der Waals surface area contributed by atoms with Crippen LogP contribution >= 0.6 is 0 Å².